The highest BCUT2D eigenvalue weighted by Gasteiger charge is 2.26. The molecule has 1 aliphatic heterocycles. The SMILES string of the molecule is COc1cccc(C(=O)NC2COc3ccccc32)c1N. The van der Waals surface area contributed by atoms with Gasteiger partial charge in [0.2, 0.25) is 0 Å². The summed E-state index contributed by atoms with van der Waals surface area (Å²) in [5.74, 6) is 1.06. The van der Waals surface area contributed by atoms with E-state index in [9.17, 15) is 4.79 Å². The molecule has 0 bridgehead atoms. The molecule has 0 spiro atoms. The second-order valence-electron chi connectivity index (χ2n) is 4.80. The molecule has 108 valence electrons. The summed E-state index contributed by atoms with van der Waals surface area (Å²) < 4.78 is 10.7. The van der Waals surface area contributed by atoms with Gasteiger partial charge in [0.1, 0.15) is 18.1 Å². The van der Waals surface area contributed by atoms with Gasteiger partial charge in [-0.3, -0.25) is 4.79 Å². The Bertz CT molecular complexity index is 685. The summed E-state index contributed by atoms with van der Waals surface area (Å²) in [6, 6.07) is 12.6. The van der Waals surface area contributed by atoms with Crippen LogP contribution in [0.1, 0.15) is 22.0 Å². The summed E-state index contributed by atoms with van der Waals surface area (Å²) in [5.41, 5.74) is 7.66. The lowest BCUT2D eigenvalue weighted by Crippen LogP contribution is -2.30. The van der Waals surface area contributed by atoms with Crippen LogP contribution in [-0.2, 0) is 0 Å². The molecule has 2 aromatic rings. The summed E-state index contributed by atoms with van der Waals surface area (Å²) in [5, 5.41) is 2.94. The zero-order valence-corrected chi connectivity index (χ0v) is 11.6. The van der Waals surface area contributed by atoms with Crippen LogP contribution >= 0.6 is 0 Å². The van der Waals surface area contributed by atoms with Gasteiger partial charge < -0.3 is 20.5 Å². The van der Waals surface area contributed by atoms with E-state index < -0.39 is 0 Å². The van der Waals surface area contributed by atoms with Gasteiger partial charge in [-0.1, -0.05) is 24.3 Å². The average molecular weight is 284 g/mol. The molecule has 0 saturated heterocycles. The molecular weight excluding hydrogens is 268 g/mol. The summed E-state index contributed by atoms with van der Waals surface area (Å²) in [4.78, 5) is 12.4. The number of rotatable bonds is 3. The van der Waals surface area contributed by atoms with Crippen molar-refractivity contribution in [2.75, 3.05) is 19.5 Å². The summed E-state index contributed by atoms with van der Waals surface area (Å²) in [7, 11) is 1.52. The standard InChI is InChI=1S/C16H16N2O3/c1-20-14-8-4-6-11(15(14)17)16(19)18-12-9-21-13-7-3-2-5-10(12)13/h2-8,12H,9,17H2,1H3,(H,18,19). The number of anilines is 1. The van der Waals surface area contributed by atoms with Crippen LogP contribution in [0.4, 0.5) is 5.69 Å². The Morgan fingerprint density at radius 3 is 2.90 bits per heavy atom. The quantitative estimate of drug-likeness (QED) is 0.847. The molecule has 0 fully saturated rings. The molecule has 3 rings (SSSR count). The lowest BCUT2D eigenvalue weighted by molar-refractivity contribution is 0.0931. The van der Waals surface area contributed by atoms with E-state index in [0.29, 0.717) is 23.6 Å². The molecule has 3 N–H and O–H groups in total. The lowest BCUT2D eigenvalue weighted by Gasteiger charge is -2.14. The highest BCUT2D eigenvalue weighted by molar-refractivity contribution is 6.00. The maximum Gasteiger partial charge on any atom is 0.254 e. The van der Waals surface area contributed by atoms with Crippen LogP contribution in [0.15, 0.2) is 42.5 Å². The fraction of sp³-hybridized carbons (Fsp3) is 0.188. The van der Waals surface area contributed by atoms with Crippen LogP contribution in [0, 0.1) is 0 Å². The maximum atomic E-state index is 12.4. The fourth-order valence-corrected chi connectivity index (χ4v) is 2.44. The Labute approximate surface area is 122 Å². The predicted molar refractivity (Wildman–Crippen MR) is 79.6 cm³/mol. The Morgan fingerprint density at radius 1 is 1.29 bits per heavy atom. The number of hydrogen-bond donors (Lipinski definition) is 2. The van der Waals surface area contributed by atoms with E-state index in [1.165, 1.54) is 7.11 Å². The van der Waals surface area contributed by atoms with Gasteiger partial charge in [-0.25, -0.2) is 0 Å². The van der Waals surface area contributed by atoms with E-state index in [2.05, 4.69) is 5.32 Å². The number of carbonyl (C=O) groups is 1. The van der Waals surface area contributed by atoms with Crippen molar-refractivity contribution in [3.63, 3.8) is 0 Å². The molecule has 0 aliphatic carbocycles. The minimum atomic E-state index is -0.239. The van der Waals surface area contributed by atoms with Crippen LogP contribution in [0.5, 0.6) is 11.5 Å². The first-order valence-electron chi connectivity index (χ1n) is 6.65. The number of nitrogens with two attached hydrogens (primary N) is 1. The summed E-state index contributed by atoms with van der Waals surface area (Å²) >= 11 is 0. The maximum absolute atomic E-state index is 12.4. The zero-order valence-electron chi connectivity index (χ0n) is 11.6. The number of para-hydroxylation sites is 2. The van der Waals surface area contributed by atoms with E-state index >= 15 is 0 Å². The number of benzene rings is 2. The number of nitrogens with one attached hydrogen (secondary N) is 1. The number of fused-ring (bicyclic) bond motifs is 1. The van der Waals surface area contributed by atoms with Crippen LogP contribution in [0.25, 0.3) is 0 Å². The molecule has 1 aliphatic rings. The van der Waals surface area contributed by atoms with Gasteiger partial charge in [-0.15, -0.1) is 0 Å². The van der Waals surface area contributed by atoms with Gasteiger partial charge in [-0.2, -0.15) is 0 Å². The number of ether oxygens (including phenoxy) is 2. The number of hydrogen-bond acceptors (Lipinski definition) is 4. The van der Waals surface area contributed by atoms with Gasteiger partial charge in [0.05, 0.1) is 24.4 Å². The largest absolute Gasteiger partial charge is 0.495 e. The molecule has 0 saturated carbocycles. The first kappa shape index (κ1) is 13.3. The topological polar surface area (TPSA) is 73.6 Å². The third-order valence-electron chi connectivity index (χ3n) is 3.54. The van der Waals surface area contributed by atoms with Gasteiger partial charge >= 0.3 is 0 Å². The smallest absolute Gasteiger partial charge is 0.254 e. The van der Waals surface area contributed by atoms with Crippen LogP contribution in [0.2, 0.25) is 0 Å². The van der Waals surface area contributed by atoms with Gasteiger partial charge in [0.15, 0.2) is 0 Å². The van der Waals surface area contributed by atoms with Gasteiger partial charge in [0.25, 0.3) is 5.91 Å². The molecule has 2 aromatic carbocycles. The minimum absolute atomic E-state index is 0.167. The Morgan fingerprint density at radius 2 is 2.10 bits per heavy atom. The molecular formula is C16H16N2O3. The fourth-order valence-electron chi connectivity index (χ4n) is 2.44. The van der Waals surface area contributed by atoms with E-state index in [0.717, 1.165) is 11.3 Å². The molecule has 0 radical (unpaired) electrons. The number of amides is 1. The third kappa shape index (κ3) is 2.38. The predicted octanol–water partition coefficient (Wildman–Crippen LogP) is 2.14. The molecule has 1 unspecified atom stereocenters. The lowest BCUT2D eigenvalue weighted by atomic mass is 10.1. The number of nitrogen functional groups attached to an aromatic ring is 1. The van der Waals surface area contributed by atoms with Crippen molar-refractivity contribution in [3.8, 4) is 11.5 Å². The summed E-state index contributed by atoms with van der Waals surface area (Å²) in [6.07, 6.45) is 0. The van der Waals surface area contributed by atoms with Crippen LogP contribution in [-0.4, -0.2) is 19.6 Å². The first-order chi connectivity index (χ1) is 10.2. The van der Waals surface area contributed by atoms with Crippen LogP contribution in [0.3, 0.4) is 0 Å². The van der Waals surface area contributed by atoms with Gasteiger partial charge in [-0.05, 0) is 18.2 Å². The molecule has 21 heavy (non-hydrogen) atoms. The average Bonchev–Trinajstić information content (AvgIpc) is 2.91. The second kappa shape index (κ2) is 5.36. The minimum Gasteiger partial charge on any atom is -0.495 e. The highest BCUT2D eigenvalue weighted by atomic mass is 16.5. The second-order valence-corrected chi connectivity index (χ2v) is 4.80. The Kier molecular flexibility index (Phi) is 3.39. The van der Waals surface area contributed by atoms with Crippen molar-refractivity contribution in [2.45, 2.75) is 6.04 Å². The molecule has 5 heteroatoms. The molecule has 0 aromatic heterocycles. The van der Waals surface area contributed by atoms with Crippen LogP contribution < -0.4 is 20.5 Å². The first-order valence-corrected chi connectivity index (χ1v) is 6.65. The Balaban J connectivity index is 1.82. The molecule has 5 nitrogen and oxygen atoms in total. The summed E-state index contributed by atoms with van der Waals surface area (Å²) in [6.45, 7) is 0.426. The van der Waals surface area contributed by atoms with Crippen molar-refractivity contribution in [2.24, 2.45) is 0 Å². The van der Waals surface area contributed by atoms with E-state index in [1.54, 1.807) is 18.2 Å². The van der Waals surface area contributed by atoms with Crippen molar-refractivity contribution >= 4 is 11.6 Å². The van der Waals surface area contributed by atoms with Crippen molar-refractivity contribution in [3.05, 3.63) is 53.6 Å². The van der Waals surface area contributed by atoms with E-state index in [1.807, 2.05) is 24.3 Å². The van der Waals surface area contributed by atoms with Gasteiger partial charge in [0, 0.05) is 5.56 Å². The van der Waals surface area contributed by atoms with Crippen molar-refractivity contribution in [1.82, 2.24) is 5.32 Å². The monoisotopic (exact) mass is 284 g/mol. The highest BCUT2D eigenvalue weighted by Crippen LogP contribution is 2.32. The van der Waals surface area contributed by atoms with E-state index in [4.69, 9.17) is 15.2 Å². The zero-order chi connectivity index (χ0) is 14.8. The molecule has 1 amide bonds. The molecule has 1 heterocycles. The Hall–Kier alpha value is -2.69. The number of carbonyl (C=O) groups excluding carboxylic acids is 1. The molecule has 1 atom stereocenters. The third-order valence-corrected chi connectivity index (χ3v) is 3.54. The number of methoxy groups -OCH3 is 1. The normalized spacial score (nSPS) is 16.0. The van der Waals surface area contributed by atoms with Crippen molar-refractivity contribution < 1.29 is 14.3 Å². The van der Waals surface area contributed by atoms with E-state index in [-0.39, 0.29) is 11.9 Å². The van der Waals surface area contributed by atoms with Crippen molar-refractivity contribution in [1.29, 1.82) is 0 Å².